The van der Waals surface area contributed by atoms with Crippen LogP contribution in [0.1, 0.15) is 41.6 Å². The molecule has 5 nitrogen and oxygen atoms in total. The van der Waals surface area contributed by atoms with Gasteiger partial charge >= 0.3 is 0 Å². The van der Waals surface area contributed by atoms with Gasteiger partial charge in [-0.25, -0.2) is 0 Å². The molecule has 0 spiro atoms. The monoisotopic (exact) mass is 332 g/mol. The Morgan fingerprint density at radius 3 is 2.92 bits per heavy atom. The minimum absolute atomic E-state index is 0.0312. The van der Waals surface area contributed by atoms with Gasteiger partial charge in [0.2, 0.25) is 0 Å². The summed E-state index contributed by atoms with van der Waals surface area (Å²) in [7, 11) is 5.77. The van der Waals surface area contributed by atoms with E-state index in [4.69, 9.17) is 4.74 Å². The molecule has 0 aromatic heterocycles. The highest BCUT2D eigenvalue weighted by Crippen LogP contribution is 2.42. The Morgan fingerprint density at radius 1 is 1.42 bits per heavy atom. The largest absolute Gasteiger partial charge is 0.393 e. The van der Waals surface area contributed by atoms with E-state index in [9.17, 15) is 9.90 Å². The maximum Gasteiger partial charge on any atom is 0.254 e. The van der Waals surface area contributed by atoms with Gasteiger partial charge in [0.25, 0.3) is 5.91 Å². The fourth-order valence-electron chi connectivity index (χ4n) is 4.25. The van der Waals surface area contributed by atoms with Crippen molar-refractivity contribution in [3.05, 3.63) is 35.4 Å². The van der Waals surface area contributed by atoms with Gasteiger partial charge in [-0.1, -0.05) is 12.1 Å². The number of benzene rings is 1. The standard InChI is InChI=1S/C19H28N2O3/c1-20(2)13-14-5-4-6-15(11-14)18(23)21-10-9-19(24-3)8-7-16(22)12-17(19)21/h4-6,11,16-17,22H,7-10,12-13H2,1-3H3/t16-,17-,19+/m0/s1. The third kappa shape index (κ3) is 3.21. The maximum absolute atomic E-state index is 13.1. The van der Waals surface area contributed by atoms with Crippen molar-refractivity contribution in [3.8, 4) is 0 Å². The number of amides is 1. The topological polar surface area (TPSA) is 53.0 Å². The summed E-state index contributed by atoms with van der Waals surface area (Å²) < 4.78 is 5.83. The predicted octanol–water partition coefficient (Wildman–Crippen LogP) is 1.89. The van der Waals surface area contributed by atoms with Crippen LogP contribution in [0.5, 0.6) is 0 Å². The van der Waals surface area contributed by atoms with E-state index >= 15 is 0 Å². The number of hydrogen-bond donors (Lipinski definition) is 1. The molecule has 1 aliphatic carbocycles. The third-order valence-corrected chi connectivity index (χ3v) is 5.50. The number of carbonyl (C=O) groups excluding carboxylic acids is 1. The van der Waals surface area contributed by atoms with Gasteiger partial charge in [-0.3, -0.25) is 4.79 Å². The van der Waals surface area contributed by atoms with E-state index in [1.54, 1.807) is 7.11 Å². The summed E-state index contributed by atoms with van der Waals surface area (Å²) in [5, 5.41) is 10.1. The molecule has 1 aliphatic heterocycles. The molecule has 1 aromatic carbocycles. The van der Waals surface area contributed by atoms with Crippen LogP contribution in [-0.2, 0) is 11.3 Å². The second kappa shape index (κ2) is 6.82. The molecule has 0 bridgehead atoms. The Labute approximate surface area is 144 Å². The number of likely N-dealkylation sites (tertiary alicyclic amines) is 1. The summed E-state index contributed by atoms with van der Waals surface area (Å²) in [4.78, 5) is 17.1. The van der Waals surface area contributed by atoms with E-state index in [0.29, 0.717) is 13.0 Å². The van der Waals surface area contributed by atoms with Gasteiger partial charge in [-0.2, -0.15) is 0 Å². The van der Waals surface area contributed by atoms with Crippen LogP contribution in [0.25, 0.3) is 0 Å². The summed E-state index contributed by atoms with van der Waals surface area (Å²) in [5.41, 5.74) is 1.57. The van der Waals surface area contributed by atoms with Gasteiger partial charge < -0.3 is 19.6 Å². The fraction of sp³-hybridized carbons (Fsp3) is 0.632. The van der Waals surface area contributed by atoms with Crippen LogP contribution in [0.2, 0.25) is 0 Å². The lowest BCUT2D eigenvalue weighted by molar-refractivity contribution is -0.0824. The van der Waals surface area contributed by atoms with E-state index in [-0.39, 0.29) is 23.7 Å². The molecule has 1 amide bonds. The number of methoxy groups -OCH3 is 1. The SMILES string of the molecule is CO[C@@]12CC[C@H](O)C[C@@H]1N(C(=O)c1cccc(CN(C)C)c1)CC2. The number of rotatable bonds is 4. The van der Waals surface area contributed by atoms with Gasteiger partial charge in [0.1, 0.15) is 0 Å². The summed E-state index contributed by atoms with van der Waals surface area (Å²) in [6.45, 7) is 1.51. The summed E-state index contributed by atoms with van der Waals surface area (Å²) in [6, 6.07) is 7.82. The molecule has 5 heteroatoms. The Balaban J connectivity index is 1.82. The normalized spacial score (nSPS) is 29.8. The Hall–Kier alpha value is -1.43. The number of nitrogens with zero attached hydrogens (tertiary/aromatic N) is 2. The number of aliphatic hydroxyl groups excluding tert-OH is 1. The van der Waals surface area contributed by atoms with E-state index in [1.165, 1.54) is 0 Å². The lowest BCUT2D eigenvalue weighted by atomic mass is 9.79. The molecule has 0 radical (unpaired) electrons. The molecule has 132 valence electrons. The Kier molecular flexibility index (Phi) is 4.95. The number of aliphatic hydroxyl groups is 1. The predicted molar refractivity (Wildman–Crippen MR) is 92.9 cm³/mol. The van der Waals surface area contributed by atoms with Crippen molar-refractivity contribution in [1.82, 2.24) is 9.80 Å². The highest BCUT2D eigenvalue weighted by Gasteiger charge is 2.52. The molecule has 1 aromatic rings. The van der Waals surface area contributed by atoms with Crippen molar-refractivity contribution >= 4 is 5.91 Å². The van der Waals surface area contributed by atoms with Crippen LogP contribution >= 0.6 is 0 Å². The first-order valence-corrected chi connectivity index (χ1v) is 8.73. The fourth-order valence-corrected chi connectivity index (χ4v) is 4.25. The molecule has 1 heterocycles. The first-order chi connectivity index (χ1) is 11.4. The maximum atomic E-state index is 13.1. The summed E-state index contributed by atoms with van der Waals surface area (Å²) >= 11 is 0. The van der Waals surface area contributed by atoms with Gasteiger partial charge in [0, 0.05) is 25.8 Å². The first-order valence-electron chi connectivity index (χ1n) is 8.73. The van der Waals surface area contributed by atoms with E-state index < -0.39 is 0 Å². The van der Waals surface area contributed by atoms with Crippen LogP contribution < -0.4 is 0 Å². The number of ether oxygens (including phenoxy) is 1. The van der Waals surface area contributed by atoms with Gasteiger partial charge in [0.05, 0.1) is 17.7 Å². The zero-order valence-corrected chi connectivity index (χ0v) is 14.9. The number of carbonyl (C=O) groups is 1. The second-order valence-electron chi connectivity index (χ2n) is 7.40. The van der Waals surface area contributed by atoms with Crippen molar-refractivity contribution < 1.29 is 14.6 Å². The molecule has 3 rings (SSSR count). The average molecular weight is 332 g/mol. The molecule has 0 unspecified atom stereocenters. The van der Waals surface area contributed by atoms with Gasteiger partial charge in [-0.15, -0.1) is 0 Å². The van der Waals surface area contributed by atoms with Crippen molar-refractivity contribution in [2.24, 2.45) is 0 Å². The highest BCUT2D eigenvalue weighted by atomic mass is 16.5. The molecule has 2 aliphatic rings. The van der Waals surface area contributed by atoms with Crippen LogP contribution in [0, 0.1) is 0 Å². The highest BCUT2D eigenvalue weighted by molar-refractivity contribution is 5.95. The van der Waals surface area contributed by atoms with Crippen LogP contribution in [0.4, 0.5) is 0 Å². The van der Waals surface area contributed by atoms with Crippen molar-refractivity contribution in [3.63, 3.8) is 0 Å². The van der Waals surface area contributed by atoms with Crippen molar-refractivity contribution in [1.29, 1.82) is 0 Å². The third-order valence-electron chi connectivity index (χ3n) is 5.50. The van der Waals surface area contributed by atoms with E-state index in [2.05, 4.69) is 4.90 Å². The minimum Gasteiger partial charge on any atom is -0.393 e. The van der Waals surface area contributed by atoms with E-state index in [1.807, 2.05) is 43.3 Å². The first kappa shape index (κ1) is 17.4. The average Bonchev–Trinajstić information content (AvgIpc) is 2.93. The smallest absolute Gasteiger partial charge is 0.254 e. The molecule has 2 fully saturated rings. The van der Waals surface area contributed by atoms with Crippen LogP contribution in [0.3, 0.4) is 0 Å². The quantitative estimate of drug-likeness (QED) is 0.915. The van der Waals surface area contributed by atoms with Crippen LogP contribution in [0.15, 0.2) is 24.3 Å². The zero-order chi connectivity index (χ0) is 17.3. The molecule has 3 atom stereocenters. The number of hydrogen-bond acceptors (Lipinski definition) is 4. The summed E-state index contributed by atoms with van der Waals surface area (Å²) in [6.07, 6.45) is 2.69. The molecule has 24 heavy (non-hydrogen) atoms. The van der Waals surface area contributed by atoms with Crippen molar-refractivity contribution in [2.45, 2.75) is 50.0 Å². The van der Waals surface area contributed by atoms with Crippen LogP contribution in [-0.4, -0.2) is 66.3 Å². The number of fused-ring (bicyclic) bond motifs is 1. The molecule has 1 N–H and O–H groups in total. The Bertz CT molecular complexity index is 604. The molecular formula is C19H28N2O3. The van der Waals surface area contributed by atoms with E-state index in [0.717, 1.165) is 36.9 Å². The minimum atomic E-state index is -0.341. The molecule has 1 saturated heterocycles. The molecule has 1 saturated carbocycles. The van der Waals surface area contributed by atoms with Gasteiger partial charge in [-0.05, 0) is 57.5 Å². The van der Waals surface area contributed by atoms with Gasteiger partial charge in [0.15, 0.2) is 0 Å². The molecular weight excluding hydrogens is 304 g/mol. The van der Waals surface area contributed by atoms with Crippen molar-refractivity contribution in [2.75, 3.05) is 27.7 Å². The second-order valence-corrected chi connectivity index (χ2v) is 7.40. The lowest BCUT2D eigenvalue weighted by Gasteiger charge is -2.42. The lowest BCUT2D eigenvalue weighted by Crippen LogP contribution is -2.52. The summed E-state index contributed by atoms with van der Waals surface area (Å²) in [5.74, 6) is 0.0497. The Morgan fingerprint density at radius 2 is 2.21 bits per heavy atom. The zero-order valence-electron chi connectivity index (χ0n) is 14.9.